The molecule has 3 aliphatic rings. The molecule has 4 atom stereocenters. The Hall–Kier alpha value is -2.54. The molecule has 0 unspecified atom stereocenters. The van der Waals surface area contributed by atoms with Crippen molar-refractivity contribution in [3.8, 4) is 0 Å². The second-order valence-electron chi connectivity index (χ2n) is 6.84. The van der Waals surface area contributed by atoms with E-state index in [0.717, 1.165) is 12.8 Å². The van der Waals surface area contributed by atoms with Crippen molar-refractivity contribution in [3.63, 3.8) is 0 Å². The molecule has 2 bridgehead atoms. The third-order valence-corrected chi connectivity index (χ3v) is 5.45. The number of carbonyl (C=O) groups excluding carboxylic acids is 2. The van der Waals surface area contributed by atoms with Crippen LogP contribution in [0.3, 0.4) is 0 Å². The van der Waals surface area contributed by atoms with Gasteiger partial charge in [-0.1, -0.05) is 18.2 Å². The summed E-state index contributed by atoms with van der Waals surface area (Å²) in [4.78, 5) is 26.7. The van der Waals surface area contributed by atoms with Crippen molar-refractivity contribution in [3.05, 3.63) is 48.0 Å². The molecule has 0 spiro atoms. The van der Waals surface area contributed by atoms with Crippen LogP contribution in [0.15, 0.2) is 36.7 Å². The fourth-order valence-corrected chi connectivity index (χ4v) is 4.32. The van der Waals surface area contributed by atoms with Gasteiger partial charge >= 0.3 is 0 Å². The van der Waals surface area contributed by atoms with Crippen molar-refractivity contribution in [2.75, 3.05) is 4.90 Å². The minimum atomic E-state index is -0.360. The van der Waals surface area contributed by atoms with E-state index in [1.807, 2.05) is 0 Å². The molecular weight excluding hydrogens is 325 g/mol. The van der Waals surface area contributed by atoms with Crippen LogP contribution in [0.2, 0.25) is 0 Å². The lowest BCUT2D eigenvalue weighted by atomic mass is 9.81. The standard InChI is InChI=1S/C18H16FN3O3/c19-12-4-2-1-3-10(12)8-21-9-11(7-20-21)22-17(23)15-13-5-6-14(25-13)16(15)18(22)24/h1-4,7,9,13-16H,5-6,8H2/t13-,14-,15-,16-/m0/s1. The molecular formula is C18H16FN3O3. The Morgan fingerprint density at radius 3 is 2.48 bits per heavy atom. The number of nitrogens with zero attached hydrogens (tertiary/aromatic N) is 3. The number of rotatable bonds is 3. The number of benzene rings is 1. The first-order valence-corrected chi connectivity index (χ1v) is 8.42. The molecule has 3 fully saturated rings. The van der Waals surface area contributed by atoms with Crippen LogP contribution < -0.4 is 4.90 Å². The topological polar surface area (TPSA) is 64.4 Å². The predicted molar refractivity (Wildman–Crippen MR) is 85.1 cm³/mol. The van der Waals surface area contributed by atoms with Crippen molar-refractivity contribution in [1.82, 2.24) is 9.78 Å². The van der Waals surface area contributed by atoms with E-state index in [4.69, 9.17) is 4.74 Å². The summed E-state index contributed by atoms with van der Waals surface area (Å²) >= 11 is 0. The molecule has 0 saturated carbocycles. The van der Waals surface area contributed by atoms with Gasteiger partial charge in [0, 0.05) is 11.8 Å². The lowest BCUT2D eigenvalue weighted by Gasteiger charge is -2.15. The number of ether oxygens (including phenoxy) is 1. The molecule has 128 valence electrons. The molecule has 0 N–H and O–H groups in total. The Labute approximate surface area is 143 Å². The van der Waals surface area contributed by atoms with Crippen molar-refractivity contribution in [1.29, 1.82) is 0 Å². The van der Waals surface area contributed by atoms with Gasteiger partial charge in [0.1, 0.15) is 5.82 Å². The zero-order chi connectivity index (χ0) is 17.1. The van der Waals surface area contributed by atoms with Gasteiger partial charge in [0.15, 0.2) is 0 Å². The minimum absolute atomic E-state index is 0.134. The summed E-state index contributed by atoms with van der Waals surface area (Å²) in [6.07, 6.45) is 4.51. The number of anilines is 1. The van der Waals surface area contributed by atoms with Crippen LogP contribution in [0.1, 0.15) is 18.4 Å². The van der Waals surface area contributed by atoms with E-state index in [0.29, 0.717) is 11.3 Å². The van der Waals surface area contributed by atoms with Crippen molar-refractivity contribution in [2.24, 2.45) is 11.8 Å². The van der Waals surface area contributed by atoms with Crippen LogP contribution in [0.25, 0.3) is 0 Å². The molecule has 2 aromatic rings. The minimum Gasteiger partial charge on any atom is -0.373 e. The molecule has 1 aromatic carbocycles. The summed E-state index contributed by atoms with van der Waals surface area (Å²) in [6.45, 7) is 0.240. The van der Waals surface area contributed by atoms with Gasteiger partial charge in [-0.2, -0.15) is 5.10 Å². The van der Waals surface area contributed by atoms with E-state index in [-0.39, 0.29) is 48.2 Å². The van der Waals surface area contributed by atoms with Crippen molar-refractivity contribution in [2.45, 2.75) is 31.6 Å². The SMILES string of the molecule is O=C1[C@@H]2[C@@H](C(=O)N1c1cnn(Cc3ccccc3F)c1)[C@@H]1CC[C@@H]2O1. The maximum atomic E-state index is 13.8. The highest BCUT2D eigenvalue weighted by molar-refractivity contribution is 6.22. The summed E-state index contributed by atoms with van der Waals surface area (Å²) in [5.41, 5.74) is 0.944. The first kappa shape index (κ1) is 14.8. The molecule has 3 saturated heterocycles. The molecule has 7 heteroatoms. The largest absolute Gasteiger partial charge is 0.373 e. The molecule has 3 aliphatic heterocycles. The van der Waals surface area contributed by atoms with E-state index >= 15 is 0 Å². The maximum Gasteiger partial charge on any atom is 0.240 e. The molecule has 5 rings (SSSR count). The van der Waals surface area contributed by atoms with E-state index in [1.54, 1.807) is 24.4 Å². The Morgan fingerprint density at radius 2 is 1.80 bits per heavy atom. The lowest BCUT2D eigenvalue weighted by Crippen LogP contribution is -2.34. The Bertz CT molecular complexity index is 852. The van der Waals surface area contributed by atoms with Gasteiger partial charge in [-0.25, -0.2) is 9.29 Å². The quantitative estimate of drug-likeness (QED) is 0.798. The molecule has 25 heavy (non-hydrogen) atoms. The van der Waals surface area contributed by atoms with Crippen LogP contribution >= 0.6 is 0 Å². The van der Waals surface area contributed by atoms with Gasteiger partial charge in [0.05, 0.1) is 42.5 Å². The summed E-state index contributed by atoms with van der Waals surface area (Å²) in [6, 6.07) is 6.46. The first-order valence-electron chi connectivity index (χ1n) is 8.42. The van der Waals surface area contributed by atoms with E-state index in [1.165, 1.54) is 21.8 Å². The molecule has 4 heterocycles. The second-order valence-corrected chi connectivity index (χ2v) is 6.84. The monoisotopic (exact) mass is 341 g/mol. The molecule has 2 amide bonds. The van der Waals surface area contributed by atoms with Gasteiger partial charge in [-0.05, 0) is 18.9 Å². The third-order valence-electron chi connectivity index (χ3n) is 5.45. The number of aromatic nitrogens is 2. The summed E-state index contributed by atoms with van der Waals surface area (Å²) in [7, 11) is 0. The normalized spacial score (nSPS) is 30.4. The van der Waals surface area contributed by atoms with Crippen LogP contribution in [0.5, 0.6) is 0 Å². The van der Waals surface area contributed by atoms with Gasteiger partial charge in [0.2, 0.25) is 11.8 Å². The number of fused-ring (bicyclic) bond motifs is 5. The van der Waals surface area contributed by atoms with Gasteiger partial charge in [0.25, 0.3) is 0 Å². The average Bonchev–Trinajstić information content (AvgIpc) is 3.35. The fourth-order valence-electron chi connectivity index (χ4n) is 4.32. The molecule has 1 aromatic heterocycles. The molecule has 0 radical (unpaired) electrons. The zero-order valence-corrected chi connectivity index (χ0v) is 13.3. The maximum absolute atomic E-state index is 13.8. The third kappa shape index (κ3) is 2.08. The van der Waals surface area contributed by atoms with Crippen molar-refractivity contribution >= 4 is 17.5 Å². The van der Waals surface area contributed by atoms with Crippen LogP contribution in [-0.4, -0.2) is 33.8 Å². The van der Waals surface area contributed by atoms with Gasteiger partial charge in [-0.15, -0.1) is 0 Å². The van der Waals surface area contributed by atoms with E-state index in [9.17, 15) is 14.0 Å². The Morgan fingerprint density at radius 1 is 1.12 bits per heavy atom. The molecule has 0 aliphatic carbocycles. The second kappa shape index (κ2) is 5.23. The summed E-state index contributed by atoms with van der Waals surface area (Å²) < 4.78 is 21.0. The predicted octanol–water partition coefficient (Wildman–Crippen LogP) is 1.74. The van der Waals surface area contributed by atoms with E-state index in [2.05, 4.69) is 5.10 Å². The molecule has 6 nitrogen and oxygen atoms in total. The highest BCUT2D eigenvalue weighted by Gasteiger charge is 2.62. The fraction of sp³-hybridized carbons (Fsp3) is 0.389. The number of hydrogen-bond donors (Lipinski definition) is 0. The summed E-state index contributed by atoms with van der Waals surface area (Å²) in [5.74, 6) is -1.43. The summed E-state index contributed by atoms with van der Waals surface area (Å²) in [5, 5.41) is 4.19. The first-order chi connectivity index (χ1) is 12.1. The van der Waals surface area contributed by atoms with Crippen molar-refractivity contribution < 1.29 is 18.7 Å². The Kier molecular flexibility index (Phi) is 3.09. The number of amides is 2. The van der Waals surface area contributed by atoms with Gasteiger partial charge < -0.3 is 4.74 Å². The highest BCUT2D eigenvalue weighted by Crippen LogP contribution is 2.49. The van der Waals surface area contributed by atoms with Gasteiger partial charge in [-0.3, -0.25) is 14.3 Å². The number of carbonyl (C=O) groups is 2. The zero-order valence-electron chi connectivity index (χ0n) is 13.3. The number of hydrogen-bond acceptors (Lipinski definition) is 4. The lowest BCUT2D eigenvalue weighted by molar-refractivity contribution is -0.124. The van der Waals surface area contributed by atoms with Crippen LogP contribution in [-0.2, 0) is 20.9 Å². The number of imide groups is 1. The average molecular weight is 341 g/mol. The van der Waals surface area contributed by atoms with E-state index < -0.39 is 0 Å². The number of halogens is 1. The Balaban J connectivity index is 1.41. The smallest absolute Gasteiger partial charge is 0.240 e. The van der Waals surface area contributed by atoms with Crippen LogP contribution in [0, 0.1) is 17.7 Å². The highest BCUT2D eigenvalue weighted by atomic mass is 19.1. The van der Waals surface area contributed by atoms with Crippen LogP contribution in [0.4, 0.5) is 10.1 Å².